The molecule has 6 nitrogen and oxygen atoms in total. The van der Waals surface area contributed by atoms with Gasteiger partial charge in [0.2, 0.25) is 0 Å². The zero-order valence-electron chi connectivity index (χ0n) is 23.5. The van der Waals surface area contributed by atoms with Gasteiger partial charge >= 0.3 is 0 Å². The van der Waals surface area contributed by atoms with Gasteiger partial charge in [-0.2, -0.15) is 0 Å². The van der Waals surface area contributed by atoms with Gasteiger partial charge in [0.1, 0.15) is 23.7 Å². The molecule has 0 aliphatic carbocycles. The number of thioether (sulfide) groups is 1. The van der Waals surface area contributed by atoms with Gasteiger partial charge < -0.3 is 14.8 Å². The van der Waals surface area contributed by atoms with E-state index in [4.69, 9.17) is 9.47 Å². The lowest BCUT2D eigenvalue weighted by atomic mass is 9.87. The summed E-state index contributed by atoms with van der Waals surface area (Å²) in [6, 6.07) is 7.57. The van der Waals surface area contributed by atoms with Crippen molar-refractivity contribution >= 4 is 34.7 Å². The summed E-state index contributed by atoms with van der Waals surface area (Å²) in [7, 11) is 1.50. The molecule has 1 saturated heterocycles. The number of hydrogen-bond donors (Lipinski definition) is 1. The zero-order valence-corrected chi connectivity index (χ0v) is 24.3. The van der Waals surface area contributed by atoms with E-state index < -0.39 is 5.60 Å². The second-order valence-electron chi connectivity index (χ2n) is 10.7. The summed E-state index contributed by atoms with van der Waals surface area (Å²) in [4.78, 5) is 25.4. The minimum absolute atomic E-state index is 0.251. The molecule has 4 rings (SSSR count). The molecule has 204 valence electrons. The number of carbonyl (C=O) groups is 2. The first-order chi connectivity index (χ1) is 18.1. The Labute approximate surface area is 231 Å². The van der Waals surface area contributed by atoms with Crippen molar-refractivity contribution in [1.29, 1.82) is 0 Å². The first-order valence-electron chi connectivity index (χ1n) is 13.6. The molecule has 2 amide bonds. The molecule has 2 aromatic carbocycles. The topological polar surface area (TPSA) is 67.9 Å². The van der Waals surface area contributed by atoms with Gasteiger partial charge in [-0.1, -0.05) is 38.3 Å². The van der Waals surface area contributed by atoms with Crippen LogP contribution in [-0.2, 0) is 11.2 Å². The van der Waals surface area contributed by atoms with Crippen molar-refractivity contribution in [1.82, 2.24) is 4.90 Å². The van der Waals surface area contributed by atoms with Crippen LogP contribution in [0.2, 0.25) is 0 Å². The lowest BCUT2D eigenvalue weighted by molar-refractivity contribution is -0.121. The molecule has 38 heavy (non-hydrogen) atoms. The van der Waals surface area contributed by atoms with Crippen molar-refractivity contribution in [3.63, 3.8) is 0 Å². The zero-order chi connectivity index (χ0) is 27.4. The van der Waals surface area contributed by atoms with Gasteiger partial charge in [0.25, 0.3) is 11.1 Å². The molecule has 2 aliphatic heterocycles. The summed E-state index contributed by atoms with van der Waals surface area (Å²) >= 11 is 0.961. The maximum absolute atomic E-state index is 12.1. The normalized spacial score (nSPS) is 20.1. The highest BCUT2D eigenvalue weighted by molar-refractivity contribution is 8.18. The molecular formula is C31H40N2O4S. The van der Waals surface area contributed by atoms with Gasteiger partial charge in [0.05, 0.1) is 4.91 Å². The van der Waals surface area contributed by atoms with Crippen molar-refractivity contribution in [2.75, 3.05) is 25.5 Å². The Hall–Kier alpha value is -2.93. The third-order valence-corrected chi connectivity index (χ3v) is 8.63. The quantitative estimate of drug-likeness (QED) is 0.252. The molecule has 1 N–H and O–H groups in total. The number of unbranched alkanes of at least 4 members (excludes halogenated alkanes) is 3. The highest BCUT2D eigenvalue weighted by atomic mass is 32.2. The van der Waals surface area contributed by atoms with Crippen LogP contribution in [0.15, 0.2) is 29.2 Å². The van der Waals surface area contributed by atoms with Crippen LogP contribution in [0.5, 0.6) is 11.5 Å². The van der Waals surface area contributed by atoms with Crippen LogP contribution in [0, 0.1) is 20.8 Å². The van der Waals surface area contributed by atoms with E-state index in [0.29, 0.717) is 11.5 Å². The number of rotatable bonds is 10. The van der Waals surface area contributed by atoms with Crippen LogP contribution < -0.4 is 14.8 Å². The second-order valence-corrected chi connectivity index (χ2v) is 11.7. The number of hydrogen-bond acceptors (Lipinski definition) is 6. The molecule has 1 atom stereocenters. The van der Waals surface area contributed by atoms with Crippen LogP contribution in [0.4, 0.5) is 10.5 Å². The fourth-order valence-corrected chi connectivity index (χ4v) is 5.87. The largest absolute Gasteiger partial charge is 0.489 e. The average molecular weight is 537 g/mol. The smallest absolute Gasteiger partial charge is 0.293 e. The molecular weight excluding hydrogens is 496 g/mol. The maximum Gasteiger partial charge on any atom is 0.293 e. The van der Waals surface area contributed by atoms with E-state index in [0.717, 1.165) is 53.1 Å². The van der Waals surface area contributed by atoms with E-state index in [1.54, 1.807) is 6.08 Å². The first-order valence-corrected chi connectivity index (χ1v) is 14.4. The van der Waals surface area contributed by atoms with Crippen molar-refractivity contribution < 1.29 is 19.1 Å². The van der Waals surface area contributed by atoms with Crippen molar-refractivity contribution in [2.24, 2.45) is 0 Å². The SMILES string of the molecule is CCCCCCNc1c(C)c(C)c2c(c1C)CCC(C)(COc1ccc(C=C3SC(=O)N(C)C3=O)cc1)O2. The number of anilines is 1. The number of ether oxygens (including phenoxy) is 2. The number of imide groups is 1. The molecule has 2 aromatic rings. The van der Waals surface area contributed by atoms with Crippen molar-refractivity contribution in [3.8, 4) is 11.5 Å². The van der Waals surface area contributed by atoms with Gasteiger partial charge in [-0.05, 0) is 105 Å². The Kier molecular flexibility index (Phi) is 8.76. The summed E-state index contributed by atoms with van der Waals surface area (Å²) in [5.74, 6) is 1.49. The minimum Gasteiger partial charge on any atom is -0.489 e. The third-order valence-electron chi connectivity index (χ3n) is 7.67. The molecule has 0 radical (unpaired) electrons. The van der Waals surface area contributed by atoms with Crippen LogP contribution in [0.3, 0.4) is 0 Å². The fourth-order valence-electron chi connectivity index (χ4n) is 5.04. The Balaban J connectivity index is 1.40. The molecule has 0 saturated carbocycles. The second kappa shape index (κ2) is 11.9. The van der Waals surface area contributed by atoms with Gasteiger partial charge in [-0.25, -0.2) is 0 Å². The molecule has 7 heteroatoms. The molecule has 2 heterocycles. The summed E-state index contributed by atoms with van der Waals surface area (Å²) in [6.07, 6.45) is 8.58. The number of benzene rings is 2. The molecule has 1 fully saturated rings. The van der Waals surface area contributed by atoms with Gasteiger partial charge in [-0.15, -0.1) is 0 Å². The Morgan fingerprint density at radius 3 is 2.47 bits per heavy atom. The van der Waals surface area contributed by atoms with Gasteiger partial charge in [0, 0.05) is 19.3 Å². The van der Waals surface area contributed by atoms with E-state index in [9.17, 15) is 9.59 Å². The predicted molar refractivity (Wildman–Crippen MR) is 156 cm³/mol. The number of amides is 2. The van der Waals surface area contributed by atoms with Crippen LogP contribution >= 0.6 is 11.8 Å². The maximum atomic E-state index is 12.1. The summed E-state index contributed by atoms with van der Waals surface area (Å²) in [5, 5.41) is 3.46. The number of carbonyl (C=O) groups excluding carboxylic acids is 2. The standard InChI is InChI=1S/C31H40N2O4S/c1-7-8-9-10-17-32-27-20(2)21(3)28-25(22(27)4)15-16-31(5,37-28)19-36-24-13-11-23(12-14-24)18-26-29(34)33(6)30(35)38-26/h11-14,18,32H,7-10,15-17,19H2,1-6H3. The van der Waals surface area contributed by atoms with E-state index in [2.05, 4.69) is 39.9 Å². The number of nitrogens with zero attached hydrogens (tertiary/aromatic N) is 1. The summed E-state index contributed by atoms with van der Waals surface area (Å²) in [5.41, 5.74) is 6.77. The number of nitrogens with one attached hydrogen (secondary N) is 1. The van der Waals surface area contributed by atoms with Gasteiger partial charge in [-0.3, -0.25) is 14.5 Å². The highest BCUT2D eigenvalue weighted by Crippen LogP contribution is 2.43. The van der Waals surface area contributed by atoms with Crippen LogP contribution in [-0.4, -0.2) is 41.8 Å². The van der Waals surface area contributed by atoms with Crippen molar-refractivity contribution in [2.45, 2.75) is 78.7 Å². The lowest BCUT2D eigenvalue weighted by Gasteiger charge is -2.38. The van der Waals surface area contributed by atoms with Crippen molar-refractivity contribution in [3.05, 3.63) is 57.0 Å². The fraction of sp³-hybridized carbons (Fsp3) is 0.484. The average Bonchev–Trinajstić information content (AvgIpc) is 3.14. The Morgan fingerprint density at radius 1 is 1.08 bits per heavy atom. The molecule has 0 spiro atoms. The highest BCUT2D eigenvalue weighted by Gasteiger charge is 2.35. The van der Waals surface area contributed by atoms with E-state index in [-0.39, 0.29) is 11.1 Å². The molecule has 0 bridgehead atoms. The minimum atomic E-state index is -0.426. The van der Waals surface area contributed by atoms with E-state index in [1.807, 2.05) is 24.3 Å². The van der Waals surface area contributed by atoms with E-state index >= 15 is 0 Å². The van der Waals surface area contributed by atoms with Crippen LogP contribution in [0.1, 0.15) is 73.8 Å². The molecule has 0 aromatic heterocycles. The number of fused-ring (bicyclic) bond motifs is 1. The summed E-state index contributed by atoms with van der Waals surface area (Å²) < 4.78 is 12.8. The Morgan fingerprint density at radius 2 is 1.82 bits per heavy atom. The first kappa shape index (κ1) is 28.1. The number of likely N-dealkylation sites (N-methyl/N-ethyl adjacent to an activating group) is 1. The van der Waals surface area contributed by atoms with Gasteiger partial charge in [0.15, 0.2) is 0 Å². The third kappa shape index (κ3) is 6.04. The monoisotopic (exact) mass is 536 g/mol. The molecule has 1 unspecified atom stereocenters. The Bertz CT molecular complexity index is 1240. The lowest BCUT2D eigenvalue weighted by Crippen LogP contribution is -2.42. The van der Waals surface area contributed by atoms with E-state index in [1.165, 1.54) is 60.7 Å². The van der Waals surface area contributed by atoms with Crippen LogP contribution in [0.25, 0.3) is 6.08 Å². The predicted octanol–water partition coefficient (Wildman–Crippen LogP) is 7.43. The molecule has 2 aliphatic rings. The summed E-state index contributed by atoms with van der Waals surface area (Å²) in [6.45, 7) is 12.4.